The number of hydrogen-bond donors (Lipinski definition) is 0. The third-order valence-corrected chi connectivity index (χ3v) is 4.28. The van der Waals surface area contributed by atoms with E-state index < -0.39 is 0 Å². The number of rotatable bonds is 4. The molecule has 0 atom stereocenters. The molecular weight excluding hydrogens is 292 g/mol. The Morgan fingerprint density at radius 1 is 1.30 bits per heavy atom. The number of fused-ring (bicyclic) bond motifs is 1. The molecule has 6 heteroatoms. The van der Waals surface area contributed by atoms with Crippen molar-refractivity contribution in [3.05, 3.63) is 39.7 Å². The molecule has 0 aliphatic carbocycles. The van der Waals surface area contributed by atoms with Gasteiger partial charge in [-0.25, -0.2) is 15.0 Å². The molecule has 0 bridgehead atoms. The number of hydrogen-bond acceptors (Lipinski definition) is 4. The van der Waals surface area contributed by atoms with Crippen molar-refractivity contribution >= 4 is 34.1 Å². The summed E-state index contributed by atoms with van der Waals surface area (Å²) in [6.07, 6.45) is 4.47. The van der Waals surface area contributed by atoms with Crippen LogP contribution in [0.3, 0.4) is 0 Å². The van der Waals surface area contributed by atoms with Crippen LogP contribution in [-0.2, 0) is 13.0 Å². The highest BCUT2D eigenvalue weighted by molar-refractivity contribution is 7.11. The van der Waals surface area contributed by atoms with Crippen molar-refractivity contribution in [1.82, 2.24) is 19.5 Å². The zero-order valence-electron chi connectivity index (χ0n) is 11.4. The van der Waals surface area contributed by atoms with E-state index in [9.17, 15) is 0 Å². The molecule has 0 unspecified atom stereocenters. The third kappa shape index (κ3) is 2.43. The first-order valence-corrected chi connectivity index (χ1v) is 7.82. The molecule has 0 aromatic carbocycles. The minimum Gasteiger partial charge on any atom is -0.306 e. The molecule has 0 saturated carbocycles. The fourth-order valence-corrected chi connectivity index (χ4v) is 3.18. The lowest BCUT2D eigenvalue weighted by Crippen LogP contribution is -2.06. The van der Waals surface area contributed by atoms with Crippen molar-refractivity contribution in [2.24, 2.45) is 0 Å². The summed E-state index contributed by atoms with van der Waals surface area (Å²) >= 11 is 7.60. The smallest absolute Gasteiger partial charge is 0.160 e. The molecule has 4 nitrogen and oxygen atoms in total. The second kappa shape index (κ2) is 5.50. The van der Waals surface area contributed by atoms with Gasteiger partial charge in [-0.15, -0.1) is 22.9 Å². The second-order valence-electron chi connectivity index (χ2n) is 4.72. The lowest BCUT2D eigenvalue weighted by atomic mass is 10.3. The molecule has 0 radical (unpaired) electrons. The van der Waals surface area contributed by atoms with Gasteiger partial charge in [-0.2, -0.15) is 0 Å². The van der Waals surface area contributed by atoms with Gasteiger partial charge in [0.2, 0.25) is 0 Å². The van der Waals surface area contributed by atoms with Crippen molar-refractivity contribution in [3.63, 3.8) is 0 Å². The zero-order chi connectivity index (χ0) is 14.1. The third-order valence-electron chi connectivity index (χ3n) is 3.20. The summed E-state index contributed by atoms with van der Waals surface area (Å²) in [5, 5.41) is 1.07. The average molecular weight is 307 g/mol. The van der Waals surface area contributed by atoms with Crippen LogP contribution in [0.5, 0.6) is 0 Å². The Balaban J connectivity index is 2.11. The molecule has 20 heavy (non-hydrogen) atoms. The van der Waals surface area contributed by atoms with Crippen LogP contribution in [0.4, 0.5) is 0 Å². The summed E-state index contributed by atoms with van der Waals surface area (Å²) in [6.45, 7) is 4.83. The van der Waals surface area contributed by atoms with Crippen molar-refractivity contribution in [2.75, 3.05) is 5.88 Å². The number of halogens is 1. The fourth-order valence-electron chi connectivity index (χ4n) is 2.23. The highest BCUT2D eigenvalue weighted by atomic mass is 35.5. The highest BCUT2D eigenvalue weighted by Gasteiger charge is 2.14. The quantitative estimate of drug-likeness (QED) is 0.694. The maximum atomic E-state index is 5.90. The highest BCUT2D eigenvalue weighted by Crippen LogP contribution is 2.21. The molecule has 0 spiro atoms. The van der Waals surface area contributed by atoms with E-state index in [-0.39, 0.29) is 0 Å². The minimum absolute atomic E-state index is 0.555. The molecular formula is C14H15ClN4S. The van der Waals surface area contributed by atoms with Gasteiger partial charge in [-0.1, -0.05) is 0 Å². The average Bonchev–Trinajstić information content (AvgIpc) is 2.97. The van der Waals surface area contributed by atoms with Crippen LogP contribution in [-0.4, -0.2) is 25.4 Å². The van der Waals surface area contributed by atoms with E-state index >= 15 is 0 Å². The van der Waals surface area contributed by atoms with Gasteiger partial charge >= 0.3 is 0 Å². The van der Waals surface area contributed by atoms with Crippen molar-refractivity contribution in [1.29, 1.82) is 0 Å². The first kappa shape index (κ1) is 13.5. The molecule has 0 saturated heterocycles. The summed E-state index contributed by atoms with van der Waals surface area (Å²) < 4.78 is 2.13. The standard InChI is InChI=1S/C14H15ClN4S/c1-9-4-6-16-14-13(9)18-11(3-5-15)19(14)8-12-17-7-10(2)20-12/h4,6-7H,3,5,8H2,1-2H3. The number of aromatic nitrogens is 4. The topological polar surface area (TPSA) is 43.6 Å². The maximum absolute atomic E-state index is 5.90. The molecule has 0 aliphatic heterocycles. The van der Waals surface area contributed by atoms with Crippen LogP contribution < -0.4 is 0 Å². The Labute approximate surface area is 126 Å². The summed E-state index contributed by atoms with van der Waals surface area (Å²) in [4.78, 5) is 14.8. The van der Waals surface area contributed by atoms with E-state index in [0.29, 0.717) is 12.4 Å². The van der Waals surface area contributed by atoms with Gasteiger partial charge in [0, 0.05) is 29.6 Å². The molecule has 0 aliphatic rings. The minimum atomic E-state index is 0.555. The van der Waals surface area contributed by atoms with Crippen molar-refractivity contribution in [2.45, 2.75) is 26.8 Å². The lowest BCUT2D eigenvalue weighted by molar-refractivity contribution is 0.743. The number of imidazole rings is 1. The maximum Gasteiger partial charge on any atom is 0.160 e. The first-order valence-electron chi connectivity index (χ1n) is 6.47. The number of thiazole rings is 1. The van der Waals surface area contributed by atoms with Gasteiger partial charge in [0.15, 0.2) is 5.65 Å². The molecule has 0 amide bonds. The Hall–Kier alpha value is -1.46. The van der Waals surface area contributed by atoms with Crippen molar-refractivity contribution in [3.8, 4) is 0 Å². The fraction of sp³-hybridized carbons (Fsp3) is 0.357. The van der Waals surface area contributed by atoms with Crippen LogP contribution in [0.1, 0.15) is 21.3 Å². The molecule has 3 heterocycles. The normalized spacial score (nSPS) is 11.3. The Morgan fingerprint density at radius 3 is 2.85 bits per heavy atom. The largest absolute Gasteiger partial charge is 0.306 e. The monoisotopic (exact) mass is 306 g/mol. The van der Waals surface area contributed by atoms with Gasteiger partial charge in [0.25, 0.3) is 0 Å². The van der Waals surface area contributed by atoms with Crippen LogP contribution in [0.15, 0.2) is 18.5 Å². The first-order chi connectivity index (χ1) is 9.69. The molecule has 3 aromatic heterocycles. The summed E-state index contributed by atoms with van der Waals surface area (Å²) in [6, 6.07) is 1.98. The van der Waals surface area contributed by atoms with E-state index in [1.165, 1.54) is 4.88 Å². The SMILES string of the molecule is Cc1cnc(Cn2c(CCCl)nc3c(C)ccnc32)s1. The molecule has 3 rings (SSSR count). The number of nitrogens with zero attached hydrogens (tertiary/aromatic N) is 4. The van der Waals surface area contributed by atoms with Gasteiger partial charge in [0.05, 0.1) is 6.54 Å². The lowest BCUT2D eigenvalue weighted by Gasteiger charge is -2.05. The van der Waals surface area contributed by atoms with Crippen LogP contribution in [0.25, 0.3) is 11.2 Å². The Bertz CT molecular complexity index is 747. The van der Waals surface area contributed by atoms with Gasteiger partial charge in [-0.3, -0.25) is 0 Å². The van der Waals surface area contributed by atoms with E-state index in [1.54, 1.807) is 11.3 Å². The second-order valence-corrected chi connectivity index (χ2v) is 6.42. The van der Waals surface area contributed by atoms with Crippen LogP contribution in [0, 0.1) is 13.8 Å². The predicted molar refractivity (Wildman–Crippen MR) is 82.6 cm³/mol. The van der Waals surface area contributed by atoms with E-state index in [1.807, 2.05) is 18.5 Å². The Kier molecular flexibility index (Phi) is 3.72. The van der Waals surface area contributed by atoms with Crippen LogP contribution >= 0.6 is 22.9 Å². The summed E-state index contributed by atoms with van der Waals surface area (Å²) in [5.74, 6) is 1.53. The van der Waals surface area contributed by atoms with E-state index in [4.69, 9.17) is 16.6 Å². The Morgan fingerprint density at radius 2 is 2.15 bits per heavy atom. The number of aryl methyl sites for hydroxylation is 3. The predicted octanol–water partition coefficient (Wildman–Crippen LogP) is 3.33. The zero-order valence-corrected chi connectivity index (χ0v) is 13.0. The number of alkyl halides is 1. The van der Waals surface area contributed by atoms with E-state index in [0.717, 1.165) is 34.0 Å². The molecule has 104 valence electrons. The van der Waals surface area contributed by atoms with Gasteiger partial charge in [0.1, 0.15) is 16.3 Å². The number of pyridine rings is 1. The van der Waals surface area contributed by atoms with Gasteiger partial charge in [-0.05, 0) is 25.5 Å². The van der Waals surface area contributed by atoms with Gasteiger partial charge < -0.3 is 4.57 Å². The van der Waals surface area contributed by atoms with Crippen molar-refractivity contribution < 1.29 is 0 Å². The molecule has 3 aromatic rings. The molecule has 0 N–H and O–H groups in total. The molecule has 0 fully saturated rings. The summed E-state index contributed by atoms with van der Waals surface area (Å²) in [5.41, 5.74) is 3.01. The van der Waals surface area contributed by atoms with E-state index in [2.05, 4.69) is 28.4 Å². The summed E-state index contributed by atoms with van der Waals surface area (Å²) in [7, 11) is 0. The van der Waals surface area contributed by atoms with Crippen LogP contribution in [0.2, 0.25) is 0 Å².